The van der Waals surface area contributed by atoms with Crippen LogP contribution in [0.4, 0.5) is 10.2 Å². The number of nitrogens with zero attached hydrogens (tertiary/aromatic N) is 10. The van der Waals surface area contributed by atoms with E-state index in [1.807, 2.05) is 63.2 Å². The van der Waals surface area contributed by atoms with Gasteiger partial charge in [0.25, 0.3) is 0 Å². The number of carbonyl (C=O) groups is 2. The normalized spacial score (nSPS) is 19.3. The molecule has 3 fully saturated rings. The smallest absolute Gasteiger partial charge is 0.319 e. The number of halogens is 3. The van der Waals surface area contributed by atoms with Gasteiger partial charge in [0.2, 0.25) is 11.8 Å². The molecular formula is C55H56Cl2FN13O7. The number of methoxy groups -OCH3 is 1. The van der Waals surface area contributed by atoms with Crippen molar-refractivity contribution in [2.75, 3.05) is 44.9 Å². The number of aromatic nitrogens is 9. The maximum Gasteiger partial charge on any atom is 0.319 e. The van der Waals surface area contributed by atoms with E-state index in [1.54, 1.807) is 50.0 Å². The molecule has 7 heterocycles. The second-order valence-electron chi connectivity index (χ2n) is 20.3. The van der Waals surface area contributed by atoms with Crippen LogP contribution in [0.3, 0.4) is 0 Å². The van der Waals surface area contributed by atoms with Gasteiger partial charge < -0.3 is 44.9 Å². The van der Waals surface area contributed by atoms with E-state index in [-0.39, 0.29) is 77.7 Å². The number of nitrogens with one attached hydrogen (secondary N) is 3. The molecule has 0 unspecified atom stereocenters. The molecule has 0 saturated carbocycles. The summed E-state index contributed by atoms with van der Waals surface area (Å²) in [7, 11) is 1.60. The van der Waals surface area contributed by atoms with Crippen molar-refractivity contribution in [2.45, 2.75) is 82.6 Å². The number of amides is 2. The lowest BCUT2D eigenvalue weighted by Gasteiger charge is -2.30. The topological polar surface area (TPSA) is 244 Å². The van der Waals surface area contributed by atoms with Gasteiger partial charge in [-0.2, -0.15) is 25.3 Å². The molecule has 0 spiro atoms. The summed E-state index contributed by atoms with van der Waals surface area (Å²) in [4.78, 5) is 42.0. The highest BCUT2D eigenvalue weighted by atomic mass is 35.5. The summed E-state index contributed by atoms with van der Waals surface area (Å²) in [6, 6.07) is 19.2. The third kappa shape index (κ3) is 10.3. The second kappa shape index (κ2) is 22.2. The number of aliphatic hydroxyl groups excluding tert-OH is 2. The molecule has 7 atom stereocenters. The van der Waals surface area contributed by atoms with Crippen LogP contribution in [-0.4, -0.2) is 143 Å². The van der Waals surface area contributed by atoms with Crippen molar-refractivity contribution < 1.29 is 38.4 Å². The zero-order valence-corrected chi connectivity index (χ0v) is 44.5. The van der Waals surface area contributed by atoms with Crippen LogP contribution in [0, 0.1) is 11.7 Å². The first kappa shape index (κ1) is 52.6. The van der Waals surface area contributed by atoms with Gasteiger partial charge in [-0.1, -0.05) is 90.8 Å². The summed E-state index contributed by atoms with van der Waals surface area (Å²) in [6.07, 6.45) is 4.57. The van der Waals surface area contributed by atoms with E-state index >= 15 is 4.39 Å². The summed E-state index contributed by atoms with van der Waals surface area (Å²) >= 11 is 14.2. The molecule has 3 aliphatic rings. The Morgan fingerprint density at radius 2 is 1.72 bits per heavy atom. The summed E-state index contributed by atoms with van der Waals surface area (Å²) in [5.74, 6) is -1.05. The van der Waals surface area contributed by atoms with Crippen molar-refractivity contribution in [3.05, 3.63) is 118 Å². The lowest BCUT2D eigenvalue weighted by atomic mass is 9.98. The van der Waals surface area contributed by atoms with Crippen molar-refractivity contribution in [1.82, 2.24) is 60.9 Å². The zero-order valence-electron chi connectivity index (χ0n) is 43.0. The van der Waals surface area contributed by atoms with Gasteiger partial charge >= 0.3 is 6.01 Å². The van der Waals surface area contributed by atoms with E-state index in [9.17, 15) is 19.8 Å². The number of ether oxygens (including phenoxy) is 3. The van der Waals surface area contributed by atoms with Crippen LogP contribution in [0.1, 0.15) is 56.8 Å². The molecule has 0 radical (unpaired) electrons. The molecular weight excluding hydrogens is 1040 g/mol. The van der Waals surface area contributed by atoms with E-state index in [0.717, 1.165) is 24.1 Å². The third-order valence-electron chi connectivity index (χ3n) is 14.8. The van der Waals surface area contributed by atoms with Gasteiger partial charge in [-0.05, 0) is 48.6 Å². The SMILES string of the molecule is CO[C@@H](C)COc1nc(N2C[C@@H]3C[C@H]2CN3)c2cc(Cl)c(-c3c(Cl)c(F)cc4[nH]ncc34)c(OCc3ccc(-c4cn([C@H](C(=O)N5C[C@H](O)C[C@H]5C(=O)N[C@@H](CO)c5ccc(-c6cccnn6)cc5)C(C)C)nn4)cc3)c2n1. The molecule has 0 aliphatic carbocycles. The Morgan fingerprint density at radius 3 is 2.42 bits per heavy atom. The first-order valence-corrected chi connectivity index (χ1v) is 26.4. The minimum atomic E-state index is -1.01. The van der Waals surface area contributed by atoms with Gasteiger partial charge in [-0.25, -0.2) is 9.07 Å². The molecule has 2 bridgehead atoms. The molecule has 11 rings (SSSR count). The van der Waals surface area contributed by atoms with Gasteiger partial charge in [0.1, 0.15) is 48.1 Å². The van der Waals surface area contributed by atoms with Crippen LogP contribution < -0.4 is 25.0 Å². The van der Waals surface area contributed by atoms with E-state index in [0.29, 0.717) is 62.2 Å². The van der Waals surface area contributed by atoms with E-state index in [1.165, 1.54) is 15.6 Å². The molecule has 8 aromatic rings. The number of fused-ring (bicyclic) bond motifs is 4. The van der Waals surface area contributed by atoms with Crippen LogP contribution in [-0.2, 0) is 20.9 Å². The quantitative estimate of drug-likeness (QED) is 0.0588. The monoisotopic (exact) mass is 1100 g/mol. The predicted molar refractivity (Wildman–Crippen MR) is 289 cm³/mol. The Balaban J connectivity index is 0.855. The average molecular weight is 1100 g/mol. The van der Waals surface area contributed by atoms with Crippen LogP contribution in [0.2, 0.25) is 10.0 Å². The Bertz CT molecular complexity index is 3500. The summed E-state index contributed by atoms with van der Waals surface area (Å²) in [6.45, 7) is 6.82. The van der Waals surface area contributed by atoms with Gasteiger partial charge in [-0.15, -0.1) is 5.10 Å². The standard InChI is InChI=1S/C55H56Cl2FN13O7/c1-28(2)50(54(75)70-23-36(73)17-45(70)53(74)62-44(25-72)33-13-11-31(12-14-33)41-6-5-15-60-65-41)71-24-43(67-68-71)32-9-7-30(8-10-32)27-77-51-47(46-38-21-61-66-42(38)19-40(58)48(46)57)39(56)18-37-49(51)63-55(78-26-29(3)76-4)64-52(37)69-22-34-16-35(69)20-59-34/h5-15,18-19,21,24,28-29,34-36,44-45,50,59,72-73H,16-17,20,22-23,25-27H2,1-4H3,(H,61,66)(H,62,74)/t29-,34-,35-,36+,44-,45-,50-/m0/s1. The first-order valence-electron chi connectivity index (χ1n) is 25.7. The van der Waals surface area contributed by atoms with Crippen molar-refractivity contribution in [2.24, 2.45) is 5.92 Å². The highest BCUT2D eigenvalue weighted by molar-refractivity contribution is 6.39. The summed E-state index contributed by atoms with van der Waals surface area (Å²) in [5, 5.41) is 52.8. The van der Waals surface area contributed by atoms with Crippen LogP contribution in [0.25, 0.3) is 55.4 Å². The largest absolute Gasteiger partial charge is 0.486 e. The van der Waals surface area contributed by atoms with Crippen molar-refractivity contribution in [3.63, 3.8) is 0 Å². The number of piperazine rings is 1. The van der Waals surface area contributed by atoms with Gasteiger partial charge in [0.05, 0.1) is 58.5 Å². The average Bonchev–Trinajstić information content (AvgIpc) is 4.47. The van der Waals surface area contributed by atoms with Gasteiger partial charge in [0, 0.05) is 90.5 Å². The predicted octanol–water partition coefficient (Wildman–Crippen LogP) is 6.89. The molecule has 4 aromatic heterocycles. The Hall–Kier alpha value is -7.40. The van der Waals surface area contributed by atoms with Crippen molar-refractivity contribution in [1.29, 1.82) is 0 Å². The van der Waals surface area contributed by atoms with E-state index < -0.39 is 48.5 Å². The van der Waals surface area contributed by atoms with Crippen molar-refractivity contribution in [3.8, 4) is 45.4 Å². The number of rotatable bonds is 18. The minimum Gasteiger partial charge on any atom is -0.486 e. The van der Waals surface area contributed by atoms with Crippen LogP contribution in [0.15, 0.2) is 91.4 Å². The first-order chi connectivity index (χ1) is 37.8. The molecule has 404 valence electrons. The Kier molecular flexibility index (Phi) is 15.0. The molecule has 3 aliphatic heterocycles. The van der Waals surface area contributed by atoms with Crippen LogP contribution >= 0.6 is 23.2 Å². The van der Waals surface area contributed by atoms with Gasteiger partial charge in [-0.3, -0.25) is 14.7 Å². The summed E-state index contributed by atoms with van der Waals surface area (Å²) < 4.78 is 35.7. The second-order valence-corrected chi connectivity index (χ2v) is 21.1. The number of anilines is 1. The molecule has 23 heteroatoms. The molecule has 78 heavy (non-hydrogen) atoms. The fourth-order valence-corrected chi connectivity index (χ4v) is 11.2. The maximum atomic E-state index is 15.7. The zero-order chi connectivity index (χ0) is 54.4. The molecule has 20 nitrogen and oxygen atoms in total. The third-order valence-corrected chi connectivity index (χ3v) is 15.4. The van der Waals surface area contributed by atoms with E-state index in [2.05, 4.69) is 46.2 Å². The number of hydrogen-bond donors (Lipinski definition) is 5. The lowest BCUT2D eigenvalue weighted by molar-refractivity contribution is -0.142. The number of H-pyrrole nitrogens is 1. The fourth-order valence-electron chi connectivity index (χ4n) is 10.7. The molecule has 2 amide bonds. The van der Waals surface area contributed by atoms with E-state index in [4.69, 9.17) is 47.4 Å². The molecule has 3 saturated heterocycles. The highest BCUT2D eigenvalue weighted by Gasteiger charge is 2.44. The minimum absolute atomic E-state index is 0.00101. The summed E-state index contributed by atoms with van der Waals surface area (Å²) in [5.41, 5.74) is 5.40. The van der Waals surface area contributed by atoms with Crippen LogP contribution in [0.5, 0.6) is 11.8 Å². The highest BCUT2D eigenvalue weighted by Crippen LogP contribution is 2.50. The number of β-amino-alcohol motifs (C(OH)–C–C–N with tert-alkyl or cyclic N) is 1. The molecule has 5 N–H and O–H groups in total. The fraction of sp³-hybridized carbons (Fsp3) is 0.364. The maximum absolute atomic E-state index is 15.7. The number of likely N-dealkylation sites (tertiary alicyclic amines) is 1. The Labute approximate surface area is 457 Å². The van der Waals surface area contributed by atoms with Crippen molar-refractivity contribution >= 4 is 62.6 Å². The number of aliphatic hydroxyl groups is 2. The Morgan fingerprint density at radius 1 is 0.936 bits per heavy atom. The van der Waals surface area contributed by atoms with Gasteiger partial charge in [0.15, 0.2) is 5.75 Å². The molecule has 4 aromatic carbocycles. The number of carbonyl (C=O) groups excluding carboxylic acids is 2. The number of benzene rings is 4. The number of aromatic amines is 1. The number of hydrogen-bond acceptors (Lipinski definition) is 16. The lowest BCUT2D eigenvalue weighted by Crippen LogP contribution is -2.50.